The Balaban J connectivity index is 1.55. The molecule has 33 heavy (non-hydrogen) atoms. The first-order valence-electron chi connectivity index (χ1n) is 10.6. The van der Waals surface area contributed by atoms with Crippen LogP contribution in [-0.4, -0.2) is 47.9 Å². The lowest BCUT2D eigenvalue weighted by Gasteiger charge is -2.30. The predicted molar refractivity (Wildman–Crippen MR) is 121 cm³/mol. The number of nitrogens with two attached hydrogens (primary N) is 2. The number of pyridine rings is 2. The van der Waals surface area contributed by atoms with Crippen LogP contribution in [-0.2, 0) is 0 Å². The topological polar surface area (TPSA) is 165 Å². The maximum Gasteiger partial charge on any atom is 0.252 e. The Kier molecular flexibility index (Phi) is 5.34. The van der Waals surface area contributed by atoms with Crippen molar-refractivity contribution in [2.24, 2.45) is 11.5 Å². The molecule has 0 saturated heterocycles. The number of amides is 1. The summed E-state index contributed by atoms with van der Waals surface area (Å²) in [6, 6.07) is 4.40. The van der Waals surface area contributed by atoms with Crippen LogP contribution in [0.4, 0.5) is 21.7 Å². The van der Waals surface area contributed by atoms with Crippen molar-refractivity contribution in [2.75, 3.05) is 10.6 Å². The van der Waals surface area contributed by atoms with Gasteiger partial charge in [0.15, 0.2) is 17.5 Å². The van der Waals surface area contributed by atoms with Gasteiger partial charge < -0.3 is 27.1 Å². The number of H-pyrrole nitrogens is 1. The molecule has 1 amide bonds. The molecule has 0 spiro atoms. The van der Waals surface area contributed by atoms with Crippen molar-refractivity contribution < 1.29 is 9.18 Å². The largest absolute Gasteiger partial charge is 0.365 e. The summed E-state index contributed by atoms with van der Waals surface area (Å²) >= 11 is 0. The first kappa shape index (κ1) is 20.8. The van der Waals surface area contributed by atoms with Crippen LogP contribution in [0.2, 0.25) is 0 Å². The zero-order chi connectivity index (χ0) is 22.9. The second kappa shape index (κ2) is 8.47. The molecule has 1 aliphatic carbocycles. The van der Waals surface area contributed by atoms with Crippen LogP contribution >= 0.6 is 0 Å². The number of nitrogens with zero attached hydrogens (tertiary/aromatic N) is 5. The van der Waals surface area contributed by atoms with Crippen molar-refractivity contribution >= 4 is 34.3 Å². The molecular weight excluding hydrogens is 427 g/mol. The lowest BCUT2D eigenvalue weighted by Crippen LogP contribution is -2.43. The van der Waals surface area contributed by atoms with E-state index in [-0.39, 0.29) is 29.3 Å². The Morgan fingerprint density at radius 2 is 1.94 bits per heavy atom. The summed E-state index contributed by atoms with van der Waals surface area (Å²) in [7, 11) is 0. The van der Waals surface area contributed by atoms with Crippen LogP contribution in [0, 0.1) is 5.82 Å². The molecule has 5 rings (SSSR count). The van der Waals surface area contributed by atoms with Gasteiger partial charge in [-0.05, 0) is 25.0 Å². The quantitative estimate of drug-likeness (QED) is 0.298. The highest BCUT2D eigenvalue weighted by molar-refractivity contribution is 6.00. The summed E-state index contributed by atoms with van der Waals surface area (Å²) in [5.41, 5.74) is 12.8. The second-order valence-electron chi connectivity index (χ2n) is 7.99. The van der Waals surface area contributed by atoms with Crippen molar-refractivity contribution in [2.45, 2.75) is 37.8 Å². The number of aromatic nitrogens is 6. The highest BCUT2D eigenvalue weighted by Crippen LogP contribution is 2.30. The lowest BCUT2D eigenvalue weighted by atomic mass is 9.91. The van der Waals surface area contributed by atoms with Crippen LogP contribution in [0.3, 0.4) is 0 Å². The summed E-state index contributed by atoms with van der Waals surface area (Å²) in [4.78, 5) is 25.4. The molecule has 11 nitrogen and oxygen atoms in total. The van der Waals surface area contributed by atoms with E-state index < -0.39 is 11.7 Å². The Bertz CT molecular complexity index is 1300. The number of primary amides is 1. The number of carbonyl (C=O) groups excluding carboxylic acids is 1. The van der Waals surface area contributed by atoms with Crippen LogP contribution in [0.15, 0.2) is 36.8 Å². The SMILES string of the molecule is NC(=O)c1cc(F)c(N[C@@H]2CCCCC2N)nc1Nc1cc(-n2nccn2)nc2[nH]ccc12. The van der Waals surface area contributed by atoms with Gasteiger partial charge in [-0.15, -0.1) is 4.80 Å². The smallest absolute Gasteiger partial charge is 0.252 e. The van der Waals surface area contributed by atoms with E-state index in [2.05, 4.69) is 35.8 Å². The van der Waals surface area contributed by atoms with Gasteiger partial charge in [-0.3, -0.25) is 4.79 Å². The maximum atomic E-state index is 14.8. The molecule has 1 fully saturated rings. The number of nitrogens with one attached hydrogen (secondary N) is 3. The predicted octanol–water partition coefficient (Wildman–Crippen LogP) is 2.20. The number of halogens is 1. The summed E-state index contributed by atoms with van der Waals surface area (Å²) in [6.07, 6.45) is 8.53. The standard InChI is InChI=1S/C21H23FN10O/c22-13-9-12(18(24)33)20(31-21(13)28-15-4-2-1-3-14(15)23)29-16-10-17(32-26-7-8-27-32)30-19-11(16)5-6-25-19/h5-10,14-15H,1-4,23H2,(H2,24,33)(H3,25,28,29,30,31)/t14?,15-/m1/s1. The molecule has 12 heteroatoms. The first-order valence-corrected chi connectivity index (χ1v) is 10.6. The Hall–Kier alpha value is -4.06. The minimum Gasteiger partial charge on any atom is -0.365 e. The molecule has 4 aromatic heterocycles. The van der Waals surface area contributed by atoms with Gasteiger partial charge in [0, 0.05) is 29.7 Å². The van der Waals surface area contributed by atoms with E-state index in [0.29, 0.717) is 17.2 Å². The molecule has 4 heterocycles. The van der Waals surface area contributed by atoms with Gasteiger partial charge in [-0.1, -0.05) is 12.8 Å². The molecular formula is C21H23FN10O. The molecule has 0 radical (unpaired) electrons. The zero-order valence-electron chi connectivity index (χ0n) is 17.6. The monoisotopic (exact) mass is 450 g/mol. The van der Waals surface area contributed by atoms with E-state index in [1.807, 2.05) is 6.07 Å². The molecule has 1 aliphatic rings. The molecule has 1 saturated carbocycles. The highest BCUT2D eigenvalue weighted by atomic mass is 19.1. The minimum absolute atomic E-state index is 0.0122. The van der Waals surface area contributed by atoms with Crippen LogP contribution in [0.25, 0.3) is 16.9 Å². The summed E-state index contributed by atoms with van der Waals surface area (Å²) < 4.78 is 14.8. The van der Waals surface area contributed by atoms with Gasteiger partial charge >= 0.3 is 0 Å². The number of anilines is 3. The van der Waals surface area contributed by atoms with E-state index in [1.54, 1.807) is 12.3 Å². The van der Waals surface area contributed by atoms with Crippen molar-refractivity contribution in [1.82, 2.24) is 29.9 Å². The molecule has 7 N–H and O–H groups in total. The van der Waals surface area contributed by atoms with E-state index >= 15 is 0 Å². The first-order chi connectivity index (χ1) is 16.0. The molecule has 0 aliphatic heterocycles. The number of fused-ring (bicyclic) bond motifs is 1. The number of rotatable bonds is 6. The van der Waals surface area contributed by atoms with Gasteiger partial charge in [-0.25, -0.2) is 14.4 Å². The van der Waals surface area contributed by atoms with Gasteiger partial charge in [0.1, 0.15) is 11.5 Å². The third-order valence-electron chi connectivity index (χ3n) is 5.77. The van der Waals surface area contributed by atoms with E-state index in [9.17, 15) is 9.18 Å². The van der Waals surface area contributed by atoms with Crippen LogP contribution < -0.4 is 22.1 Å². The zero-order valence-corrected chi connectivity index (χ0v) is 17.6. The molecule has 0 bridgehead atoms. The van der Waals surface area contributed by atoms with Gasteiger partial charge in [0.25, 0.3) is 5.91 Å². The average Bonchev–Trinajstić information content (AvgIpc) is 3.49. The Labute approximate surface area is 187 Å². The van der Waals surface area contributed by atoms with Crippen molar-refractivity contribution in [1.29, 1.82) is 0 Å². The van der Waals surface area contributed by atoms with Gasteiger partial charge in [0.2, 0.25) is 0 Å². The summed E-state index contributed by atoms with van der Waals surface area (Å²) in [5.74, 6) is -0.915. The third-order valence-corrected chi connectivity index (χ3v) is 5.77. The van der Waals surface area contributed by atoms with Crippen LogP contribution in [0.5, 0.6) is 0 Å². The van der Waals surface area contributed by atoms with Crippen molar-refractivity contribution in [3.05, 3.63) is 48.2 Å². The Morgan fingerprint density at radius 3 is 2.70 bits per heavy atom. The van der Waals surface area contributed by atoms with Crippen molar-refractivity contribution in [3.63, 3.8) is 0 Å². The fraction of sp³-hybridized carbons (Fsp3) is 0.286. The van der Waals surface area contributed by atoms with Gasteiger partial charge in [-0.2, -0.15) is 10.2 Å². The van der Waals surface area contributed by atoms with Gasteiger partial charge in [0.05, 0.1) is 23.6 Å². The van der Waals surface area contributed by atoms with E-state index in [1.165, 1.54) is 17.2 Å². The molecule has 0 aromatic carbocycles. The maximum absolute atomic E-state index is 14.8. The number of carbonyl (C=O) groups is 1. The van der Waals surface area contributed by atoms with E-state index in [4.69, 9.17) is 11.5 Å². The normalized spacial score (nSPS) is 18.4. The van der Waals surface area contributed by atoms with E-state index in [0.717, 1.165) is 37.1 Å². The summed E-state index contributed by atoms with van der Waals surface area (Å²) in [6.45, 7) is 0. The lowest BCUT2D eigenvalue weighted by molar-refractivity contribution is 0.100. The fourth-order valence-electron chi connectivity index (χ4n) is 4.08. The Morgan fingerprint density at radius 1 is 1.15 bits per heavy atom. The number of hydrogen-bond donors (Lipinski definition) is 5. The van der Waals surface area contributed by atoms with Crippen LogP contribution in [0.1, 0.15) is 36.0 Å². The average molecular weight is 450 g/mol. The fourth-order valence-corrected chi connectivity index (χ4v) is 4.08. The molecule has 2 atom stereocenters. The highest BCUT2D eigenvalue weighted by Gasteiger charge is 2.25. The molecule has 1 unspecified atom stereocenters. The minimum atomic E-state index is -0.807. The third kappa shape index (κ3) is 4.07. The second-order valence-corrected chi connectivity index (χ2v) is 7.99. The summed E-state index contributed by atoms with van der Waals surface area (Å²) in [5, 5.41) is 15.2. The van der Waals surface area contributed by atoms with Crippen molar-refractivity contribution in [3.8, 4) is 5.82 Å². The number of hydrogen-bond acceptors (Lipinski definition) is 8. The number of aromatic amines is 1. The molecule has 4 aromatic rings. The molecule has 170 valence electrons.